The number of hydrogen-bond acceptors (Lipinski definition) is 13. The number of ether oxygens (including phenoxy) is 6. The molecule has 2 saturated heterocycles. The molecular weight excluding hydrogens is 736 g/mol. The largest absolute Gasteiger partial charge is 0.463 e. The van der Waals surface area contributed by atoms with E-state index in [2.05, 4.69) is 67.5 Å². The Balaban J connectivity index is 1.34. The van der Waals surface area contributed by atoms with E-state index in [1.807, 2.05) is 0 Å². The zero-order valence-corrected chi connectivity index (χ0v) is 35.8. The molecule has 3 saturated carbocycles. The number of carbonyl (C=O) groups is 1. The van der Waals surface area contributed by atoms with Crippen LogP contribution in [0.5, 0.6) is 0 Å². The highest BCUT2D eigenvalue weighted by Crippen LogP contribution is 2.75. The van der Waals surface area contributed by atoms with E-state index in [0.29, 0.717) is 6.42 Å². The zero-order chi connectivity index (χ0) is 42.0. The normalized spacial score (nSPS) is 48.5. The molecule has 6 N–H and O–H groups in total. The SMILES string of the molecule is CO[C@H]1C=C2[C@@H](CC[C@H](O[C@@H]3OC[C@@H](O)[C@H](O)[C@H]3O)C2(C)C)[C@]2(C)CC[C@]3(C)[C@@H]([C@H](C)CCC=C(C)C)[C@@H](O[C@@H]4O[C@H](COC(C)=O)[C@@H](O)[C@H](O)[C@H]4O)C[C@@]3(C)[C@H]12. The molecule has 0 unspecified atom stereocenters. The Labute approximate surface area is 339 Å². The van der Waals surface area contributed by atoms with E-state index < -0.39 is 66.7 Å². The molecule has 5 fully saturated rings. The third-order valence-electron chi connectivity index (χ3n) is 16.0. The first-order valence-electron chi connectivity index (χ1n) is 21.3. The number of methoxy groups -OCH3 is 1. The van der Waals surface area contributed by atoms with Gasteiger partial charge in [-0.25, -0.2) is 0 Å². The van der Waals surface area contributed by atoms with Crippen LogP contribution in [0.3, 0.4) is 0 Å². The maximum Gasteiger partial charge on any atom is 0.302 e. The van der Waals surface area contributed by atoms with Crippen molar-refractivity contribution in [2.24, 2.45) is 45.3 Å². The summed E-state index contributed by atoms with van der Waals surface area (Å²) in [5.74, 6) is 0.0682. The minimum absolute atomic E-state index is 0.0589. The first-order chi connectivity index (χ1) is 26.6. The quantitative estimate of drug-likeness (QED) is 0.131. The molecule has 6 rings (SSSR count). The van der Waals surface area contributed by atoms with E-state index in [0.717, 1.165) is 38.5 Å². The van der Waals surface area contributed by atoms with Crippen LogP contribution in [0.4, 0.5) is 0 Å². The van der Waals surface area contributed by atoms with Crippen LogP contribution in [0.25, 0.3) is 0 Å². The predicted molar refractivity (Wildman–Crippen MR) is 209 cm³/mol. The maximum atomic E-state index is 11.6. The minimum atomic E-state index is -1.55. The van der Waals surface area contributed by atoms with Crippen molar-refractivity contribution in [2.45, 2.75) is 181 Å². The molecule has 0 aromatic heterocycles. The van der Waals surface area contributed by atoms with Gasteiger partial charge < -0.3 is 59.1 Å². The number of rotatable bonds is 11. The van der Waals surface area contributed by atoms with Crippen LogP contribution >= 0.6 is 0 Å². The van der Waals surface area contributed by atoms with Gasteiger partial charge in [0, 0.05) is 25.4 Å². The summed E-state index contributed by atoms with van der Waals surface area (Å²) in [7, 11) is 1.78. The van der Waals surface area contributed by atoms with E-state index in [1.54, 1.807) is 7.11 Å². The van der Waals surface area contributed by atoms with Gasteiger partial charge in [-0.2, -0.15) is 0 Å². The molecule has 0 aromatic rings. The number of esters is 1. The fraction of sp³-hybridized carbons (Fsp3) is 0.886. The second kappa shape index (κ2) is 16.8. The summed E-state index contributed by atoms with van der Waals surface area (Å²) >= 11 is 0. The first kappa shape index (κ1) is 45.0. The van der Waals surface area contributed by atoms with Gasteiger partial charge in [-0.3, -0.25) is 4.79 Å². The Morgan fingerprint density at radius 1 is 0.895 bits per heavy atom. The molecule has 2 heterocycles. The van der Waals surface area contributed by atoms with Gasteiger partial charge in [0.1, 0.15) is 49.3 Å². The van der Waals surface area contributed by atoms with Crippen molar-refractivity contribution in [1.29, 1.82) is 0 Å². The predicted octanol–water partition coefficient (Wildman–Crippen LogP) is 3.79. The monoisotopic (exact) mass is 808 g/mol. The first-order valence-corrected chi connectivity index (χ1v) is 21.3. The smallest absolute Gasteiger partial charge is 0.302 e. The third-order valence-corrected chi connectivity index (χ3v) is 16.0. The molecule has 57 heavy (non-hydrogen) atoms. The van der Waals surface area contributed by atoms with Gasteiger partial charge in [-0.05, 0) is 92.8 Å². The van der Waals surface area contributed by atoms with Crippen LogP contribution < -0.4 is 0 Å². The Kier molecular flexibility index (Phi) is 13.2. The zero-order valence-electron chi connectivity index (χ0n) is 35.8. The molecule has 326 valence electrons. The molecular formula is C44H72O13. The number of carbonyl (C=O) groups excluding carboxylic acids is 1. The van der Waals surface area contributed by atoms with Crippen molar-refractivity contribution >= 4 is 5.97 Å². The Morgan fingerprint density at radius 2 is 1.58 bits per heavy atom. The highest BCUT2D eigenvalue weighted by Gasteiger charge is 2.72. The van der Waals surface area contributed by atoms with Gasteiger partial charge in [-0.15, -0.1) is 0 Å². The molecule has 0 bridgehead atoms. The molecule has 0 spiro atoms. The second-order valence-electron chi connectivity index (χ2n) is 19.9. The standard InChI is InChI=1S/C44H72O13/c1-22(2)12-11-13-23(3)32-29(55-40-37(51)35(49)34(48)30(56-40)21-53-24(4)45)19-44(9)38-28(52-10)18-26-25(42(38,7)16-17-43(32,44)8)14-15-31(41(26,5)6)57-39-36(50)33(47)27(46)20-54-39/h12,18,23,25,27-40,46-51H,11,13-17,19-21H2,1-10H3/t23-,25-,27-,28+,29+,30-,31+,32+,33+,34-,35+,36-,37-,38-,39+,40-,42+,43-,44+/m1/s1. The van der Waals surface area contributed by atoms with E-state index in [4.69, 9.17) is 28.4 Å². The van der Waals surface area contributed by atoms with Crippen molar-refractivity contribution < 1.29 is 63.9 Å². The lowest BCUT2D eigenvalue weighted by molar-refractivity contribution is -0.316. The van der Waals surface area contributed by atoms with Gasteiger partial charge in [0.25, 0.3) is 0 Å². The van der Waals surface area contributed by atoms with Crippen LogP contribution in [-0.2, 0) is 33.2 Å². The Bertz CT molecular complexity index is 1500. The number of aliphatic hydroxyl groups excluding tert-OH is 6. The second-order valence-corrected chi connectivity index (χ2v) is 19.9. The van der Waals surface area contributed by atoms with Gasteiger partial charge >= 0.3 is 5.97 Å². The lowest BCUT2D eigenvalue weighted by Gasteiger charge is -2.67. The van der Waals surface area contributed by atoms with Crippen LogP contribution in [0.15, 0.2) is 23.3 Å². The average Bonchev–Trinajstić information content (AvgIpc) is 3.37. The topological polar surface area (TPSA) is 194 Å². The average molecular weight is 809 g/mol. The molecule has 19 atom stereocenters. The fourth-order valence-electron chi connectivity index (χ4n) is 12.8. The maximum absolute atomic E-state index is 11.6. The third kappa shape index (κ3) is 7.83. The van der Waals surface area contributed by atoms with Crippen LogP contribution in [0.1, 0.15) is 107 Å². The Hall–Kier alpha value is -1.49. The van der Waals surface area contributed by atoms with Crippen molar-refractivity contribution in [3.8, 4) is 0 Å². The number of allylic oxidation sites excluding steroid dienone is 2. The van der Waals surface area contributed by atoms with Crippen LogP contribution in [0, 0.1) is 45.3 Å². The lowest BCUT2D eigenvalue weighted by Crippen LogP contribution is -2.63. The summed E-state index contributed by atoms with van der Waals surface area (Å²) in [4.78, 5) is 11.6. The highest BCUT2D eigenvalue weighted by molar-refractivity contribution is 5.65. The lowest BCUT2D eigenvalue weighted by atomic mass is 9.38. The number of fused-ring (bicyclic) bond motifs is 5. The number of aliphatic hydroxyl groups is 6. The van der Waals surface area contributed by atoms with Crippen molar-refractivity contribution in [2.75, 3.05) is 20.3 Å². The van der Waals surface area contributed by atoms with Gasteiger partial charge in [0.05, 0.1) is 24.9 Å². The fourth-order valence-corrected chi connectivity index (χ4v) is 12.8. The van der Waals surface area contributed by atoms with E-state index in [9.17, 15) is 35.4 Å². The molecule has 4 aliphatic carbocycles. The van der Waals surface area contributed by atoms with Gasteiger partial charge in [-0.1, -0.05) is 64.8 Å². The van der Waals surface area contributed by atoms with E-state index in [-0.39, 0.29) is 71.4 Å². The van der Waals surface area contributed by atoms with Gasteiger partial charge in [0.15, 0.2) is 12.6 Å². The number of hydrogen-bond donors (Lipinski definition) is 6. The molecule has 13 nitrogen and oxygen atoms in total. The summed E-state index contributed by atoms with van der Waals surface area (Å²) in [5, 5.41) is 64.1. The van der Waals surface area contributed by atoms with Gasteiger partial charge in [0.2, 0.25) is 0 Å². The van der Waals surface area contributed by atoms with E-state index in [1.165, 1.54) is 18.1 Å². The molecule has 6 aliphatic rings. The summed E-state index contributed by atoms with van der Waals surface area (Å²) in [6.45, 7) is 19.0. The Morgan fingerprint density at radius 3 is 2.23 bits per heavy atom. The van der Waals surface area contributed by atoms with Crippen LogP contribution in [-0.4, -0.2) is 131 Å². The summed E-state index contributed by atoms with van der Waals surface area (Å²) in [6, 6.07) is 0. The highest BCUT2D eigenvalue weighted by atomic mass is 16.7. The molecule has 0 aromatic carbocycles. The molecule has 0 radical (unpaired) electrons. The summed E-state index contributed by atoms with van der Waals surface area (Å²) in [5.41, 5.74) is 1.41. The summed E-state index contributed by atoms with van der Waals surface area (Å²) in [6.07, 6.45) is -2.07. The molecule has 13 heteroatoms. The minimum Gasteiger partial charge on any atom is -0.463 e. The van der Waals surface area contributed by atoms with Crippen molar-refractivity contribution in [3.05, 3.63) is 23.3 Å². The molecule has 2 aliphatic heterocycles. The summed E-state index contributed by atoms with van der Waals surface area (Å²) < 4.78 is 36.9. The van der Waals surface area contributed by atoms with Crippen molar-refractivity contribution in [3.63, 3.8) is 0 Å². The van der Waals surface area contributed by atoms with E-state index >= 15 is 0 Å². The van der Waals surface area contributed by atoms with Crippen LogP contribution in [0.2, 0.25) is 0 Å². The molecule has 0 amide bonds. The van der Waals surface area contributed by atoms with Crippen molar-refractivity contribution in [1.82, 2.24) is 0 Å².